The first kappa shape index (κ1) is 19.0. The van der Waals surface area contributed by atoms with Gasteiger partial charge in [0, 0.05) is 5.02 Å². The van der Waals surface area contributed by atoms with Gasteiger partial charge in [-0.25, -0.2) is 8.78 Å². The van der Waals surface area contributed by atoms with Gasteiger partial charge in [0.25, 0.3) is 5.89 Å². The maximum Gasteiger partial charge on any atom is 0.260 e. The minimum atomic E-state index is -0.537. The van der Waals surface area contributed by atoms with Gasteiger partial charge in [0.2, 0.25) is 0 Å². The van der Waals surface area contributed by atoms with Crippen LogP contribution in [0.3, 0.4) is 0 Å². The number of rotatable bonds is 7. The largest absolute Gasteiger partial charge is 0.334 e. The van der Waals surface area contributed by atoms with Crippen molar-refractivity contribution in [3.8, 4) is 22.2 Å². The number of hydrogen-bond acceptors (Lipinski definition) is 7. The van der Waals surface area contributed by atoms with Crippen molar-refractivity contribution in [3.05, 3.63) is 52.4 Å². The van der Waals surface area contributed by atoms with Gasteiger partial charge < -0.3 is 4.52 Å². The van der Waals surface area contributed by atoms with Crippen molar-refractivity contribution in [2.75, 3.05) is 6.67 Å². The van der Waals surface area contributed by atoms with Crippen molar-refractivity contribution in [2.45, 2.75) is 17.5 Å². The van der Waals surface area contributed by atoms with Crippen LogP contribution < -0.4 is 0 Å². The molecule has 0 unspecified atom stereocenters. The third-order valence-electron chi connectivity index (χ3n) is 3.72. The van der Waals surface area contributed by atoms with Crippen LogP contribution in [0.5, 0.6) is 0 Å². The molecule has 0 aliphatic rings. The second-order valence-corrected chi connectivity index (χ2v) is 7.88. The van der Waals surface area contributed by atoms with E-state index in [1.165, 1.54) is 41.3 Å². The number of nitrogens with zero attached hydrogens (tertiary/aromatic N) is 5. The summed E-state index contributed by atoms with van der Waals surface area (Å²) in [4.78, 5) is 5.11. The predicted molar refractivity (Wildman–Crippen MR) is 104 cm³/mol. The molecule has 28 heavy (non-hydrogen) atoms. The minimum absolute atomic E-state index is 0.0418. The Balaban J connectivity index is 1.53. The highest BCUT2D eigenvalue weighted by Gasteiger charge is 2.18. The standard InChI is InChI=1S/C17H12ClF2N5OS2/c18-10-3-4-12(20)11(8-10)16-21-14(24-26-16)9-28-17-23-22-15(25(17)6-5-19)13-2-1-7-27-13/h1-4,7-8H,5-6,9H2. The number of alkyl halides is 1. The van der Waals surface area contributed by atoms with Crippen molar-refractivity contribution in [1.82, 2.24) is 24.9 Å². The molecule has 0 N–H and O–H groups in total. The fourth-order valence-corrected chi connectivity index (χ4v) is 4.18. The fourth-order valence-electron chi connectivity index (χ4n) is 2.48. The minimum Gasteiger partial charge on any atom is -0.334 e. The van der Waals surface area contributed by atoms with E-state index in [2.05, 4.69) is 20.3 Å². The van der Waals surface area contributed by atoms with E-state index in [1.807, 2.05) is 17.5 Å². The normalized spacial score (nSPS) is 11.2. The molecular weight excluding hydrogens is 428 g/mol. The summed E-state index contributed by atoms with van der Waals surface area (Å²) in [5.41, 5.74) is 0.136. The van der Waals surface area contributed by atoms with Crippen LogP contribution in [0.15, 0.2) is 45.4 Å². The van der Waals surface area contributed by atoms with Crippen molar-refractivity contribution < 1.29 is 13.3 Å². The van der Waals surface area contributed by atoms with Crippen LogP contribution in [0.2, 0.25) is 5.02 Å². The molecule has 11 heteroatoms. The summed E-state index contributed by atoms with van der Waals surface area (Å²) in [6.07, 6.45) is 0. The first-order valence-corrected chi connectivity index (χ1v) is 10.3. The van der Waals surface area contributed by atoms with Crippen LogP contribution in [-0.2, 0) is 12.3 Å². The number of aromatic nitrogens is 5. The lowest BCUT2D eigenvalue weighted by Gasteiger charge is -2.05. The second kappa shape index (κ2) is 8.38. The molecule has 0 saturated heterocycles. The Morgan fingerprint density at radius 1 is 1.25 bits per heavy atom. The number of hydrogen-bond donors (Lipinski definition) is 0. The van der Waals surface area contributed by atoms with Crippen LogP contribution in [0.1, 0.15) is 5.82 Å². The Morgan fingerprint density at radius 2 is 2.14 bits per heavy atom. The summed E-state index contributed by atoms with van der Waals surface area (Å²) < 4.78 is 33.8. The summed E-state index contributed by atoms with van der Waals surface area (Å²) in [5.74, 6) is 0.813. The monoisotopic (exact) mass is 439 g/mol. The molecule has 4 aromatic rings. The molecule has 6 nitrogen and oxygen atoms in total. The Hall–Kier alpha value is -2.30. The Morgan fingerprint density at radius 3 is 2.93 bits per heavy atom. The maximum atomic E-state index is 13.9. The van der Waals surface area contributed by atoms with E-state index in [-0.39, 0.29) is 18.0 Å². The Bertz CT molecular complexity index is 1080. The molecule has 0 amide bonds. The molecule has 3 heterocycles. The van der Waals surface area contributed by atoms with E-state index in [9.17, 15) is 8.78 Å². The molecule has 144 valence electrons. The molecule has 1 aromatic carbocycles. The predicted octanol–water partition coefficient (Wildman–Crippen LogP) is 5.11. The smallest absolute Gasteiger partial charge is 0.260 e. The van der Waals surface area contributed by atoms with E-state index in [1.54, 1.807) is 4.57 Å². The van der Waals surface area contributed by atoms with E-state index >= 15 is 0 Å². The van der Waals surface area contributed by atoms with Gasteiger partial charge in [0.05, 0.1) is 22.7 Å². The van der Waals surface area contributed by atoms with E-state index < -0.39 is 12.5 Å². The summed E-state index contributed by atoms with van der Waals surface area (Å²) >= 11 is 8.70. The molecule has 0 saturated carbocycles. The fraction of sp³-hybridized carbons (Fsp3) is 0.176. The third kappa shape index (κ3) is 3.94. The highest BCUT2D eigenvalue weighted by molar-refractivity contribution is 7.98. The Labute approximate surface area is 171 Å². The highest BCUT2D eigenvalue weighted by Crippen LogP contribution is 2.29. The average Bonchev–Trinajstić information content (AvgIpc) is 3.43. The molecule has 0 bridgehead atoms. The van der Waals surface area contributed by atoms with Gasteiger partial charge in [0.1, 0.15) is 12.5 Å². The highest BCUT2D eigenvalue weighted by atomic mass is 35.5. The zero-order valence-electron chi connectivity index (χ0n) is 14.2. The van der Waals surface area contributed by atoms with Crippen molar-refractivity contribution in [3.63, 3.8) is 0 Å². The number of thiophene rings is 1. The van der Waals surface area contributed by atoms with Gasteiger partial charge in [-0.05, 0) is 29.6 Å². The molecule has 0 atom stereocenters. The summed E-state index contributed by atoms with van der Waals surface area (Å²) in [6, 6.07) is 7.91. The van der Waals surface area contributed by atoms with Gasteiger partial charge in [-0.2, -0.15) is 4.98 Å². The van der Waals surface area contributed by atoms with Gasteiger partial charge in [-0.3, -0.25) is 4.57 Å². The van der Waals surface area contributed by atoms with E-state index in [0.717, 1.165) is 4.88 Å². The molecular formula is C17H12ClF2N5OS2. The van der Waals surface area contributed by atoms with E-state index in [0.29, 0.717) is 27.6 Å². The summed E-state index contributed by atoms with van der Waals surface area (Å²) in [7, 11) is 0. The summed E-state index contributed by atoms with van der Waals surface area (Å²) in [5, 5.41) is 15.0. The zero-order valence-corrected chi connectivity index (χ0v) is 16.6. The molecule has 0 aliphatic heterocycles. The van der Waals surface area contributed by atoms with Crippen LogP contribution in [0, 0.1) is 5.82 Å². The first-order chi connectivity index (χ1) is 13.7. The third-order valence-corrected chi connectivity index (χ3v) is 5.79. The van der Waals surface area contributed by atoms with Gasteiger partial charge >= 0.3 is 0 Å². The average molecular weight is 440 g/mol. The maximum absolute atomic E-state index is 13.9. The van der Waals surface area contributed by atoms with Gasteiger partial charge in [-0.15, -0.1) is 21.5 Å². The number of thioether (sulfide) groups is 1. The lowest BCUT2D eigenvalue weighted by Crippen LogP contribution is -2.03. The Kier molecular flexibility index (Phi) is 5.69. The molecule has 4 rings (SSSR count). The molecule has 0 fully saturated rings. The van der Waals surface area contributed by atoms with Crippen LogP contribution in [0.4, 0.5) is 8.78 Å². The topological polar surface area (TPSA) is 69.6 Å². The molecule has 3 aromatic heterocycles. The van der Waals surface area contributed by atoms with Crippen molar-refractivity contribution in [2.24, 2.45) is 0 Å². The van der Waals surface area contributed by atoms with Crippen LogP contribution in [0.25, 0.3) is 22.2 Å². The quantitative estimate of drug-likeness (QED) is 0.373. The molecule has 0 aliphatic carbocycles. The van der Waals surface area contributed by atoms with Crippen LogP contribution >= 0.6 is 34.7 Å². The van der Waals surface area contributed by atoms with Crippen molar-refractivity contribution in [1.29, 1.82) is 0 Å². The summed E-state index contributed by atoms with van der Waals surface area (Å²) in [6.45, 7) is -0.391. The second-order valence-electron chi connectivity index (χ2n) is 5.55. The molecule has 0 radical (unpaired) electrons. The number of halogens is 3. The lowest BCUT2D eigenvalue weighted by molar-refractivity contribution is 0.422. The van der Waals surface area contributed by atoms with Gasteiger partial charge in [-0.1, -0.05) is 34.6 Å². The first-order valence-electron chi connectivity index (χ1n) is 8.09. The van der Waals surface area contributed by atoms with Crippen LogP contribution in [-0.4, -0.2) is 31.6 Å². The SMILES string of the molecule is FCCn1c(SCc2noc(-c3cc(Cl)ccc3F)n2)nnc1-c1cccs1. The van der Waals surface area contributed by atoms with E-state index in [4.69, 9.17) is 16.1 Å². The zero-order chi connectivity index (χ0) is 19.5. The van der Waals surface area contributed by atoms with Crippen molar-refractivity contribution >= 4 is 34.7 Å². The number of benzene rings is 1. The molecule has 0 spiro atoms. The lowest BCUT2D eigenvalue weighted by atomic mass is 10.2. The van der Waals surface area contributed by atoms with Gasteiger partial charge in [0.15, 0.2) is 16.8 Å².